The number of pyridine rings is 1. The Hall–Kier alpha value is -2.62. The van der Waals surface area contributed by atoms with E-state index in [1.165, 1.54) is 38.5 Å². The van der Waals surface area contributed by atoms with E-state index in [0.29, 0.717) is 29.6 Å². The van der Waals surface area contributed by atoms with Crippen molar-refractivity contribution in [3.63, 3.8) is 0 Å². The van der Waals surface area contributed by atoms with Crippen molar-refractivity contribution >= 4 is 37.7 Å². The van der Waals surface area contributed by atoms with Crippen LogP contribution < -0.4 is 20.3 Å². The second kappa shape index (κ2) is 12.0. The van der Waals surface area contributed by atoms with Crippen LogP contribution in [0.1, 0.15) is 40.5 Å². The number of carbonyl (C=O) groups is 1. The summed E-state index contributed by atoms with van der Waals surface area (Å²) in [4.78, 5) is 20.9. The molecule has 1 unspecified atom stereocenters. The first-order valence-corrected chi connectivity index (χ1v) is 16.1. The number of hydrogen-bond acceptors (Lipinski definition) is 7. The molecule has 4 rings (SSSR count). The first kappa shape index (κ1) is 28.4. The minimum Gasteiger partial charge on any atom is -0.481 e. The third kappa shape index (κ3) is 7.06. The Morgan fingerprint density at radius 2 is 1.76 bits per heavy atom. The van der Waals surface area contributed by atoms with Crippen molar-refractivity contribution in [2.75, 3.05) is 48.8 Å². The largest absolute Gasteiger partial charge is 0.481 e. The molecule has 1 radical (unpaired) electrons. The van der Waals surface area contributed by atoms with Crippen molar-refractivity contribution in [2.45, 2.75) is 65.8 Å². The van der Waals surface area contributed by atoms with E-state index in [1.54, 1.807) is 19.4 Å². The summed E-state index contributed by atoms with van der Waals surface area (Å²) in [5.74, 6) is 0.997. The van der Waals surface area contributed by atoms with Crippen LogP contribution in [0, 0.1) is 11.3 Å². The molecule has 3 heterocycles. The summed E-state index contributed by atoms with van der Waals surface area (Å²) in [5.41, 5.74) is 3.71. The molecule has 0 saturated carbocycles. The smallest absolute Gasteiger partial charge is 0.221 e. The summed E-state index contributed by atoms with van der Waals surface area (Å²) in [7, 11) is 0.871. The Kier molecular flexibility index (Phi) is 9.00. The molecule has 8 nitrogen and oxygen atoms in total. The molecule has 1 amide bonds. The van der Waals surface area contributed by atoms with Gasteiger partial charge in [0.2, 0.25) is 20.8 Å². The van der Waals surface area contributed by atoms with E-state index in [-0.39, 0.29) is 11.3 Å². The van der Waals surface area contributed by atoms with Crippen LogP contribution in [0.25, 0.3) is 0 Å². The third-order valence-electron chi connectivity index (χ3n) is 7.51. The number of anilines is 4. The molecule has 0 aliphatic carbocycles. The topological polar surface area (TPSA) is 79.0 Å². The highest BCUT2D eigenvalue weighted by Gasteiger charge is 2.39. The molecule has 2 saturated heterocycles. The molecule has 0 spiro atoms. The van der Waals surface area contributed by atoms with Crippen LogP contribution in [0.4, 0.5) is 22.7 Å². The molecule has 0 bridgehead atoms. The number of carbonyl (C=O) groups excluding carboxylic acids is 1. The van der Waals surface area contributed by atoms with E-state index >= 15 is 0 Å². The standard InChI is InChI=1S/C29H44N5O3Si/c1-20(35)31-26-17-30-27(36-5)16-25(26)32-22-8-10-23(11-9-22)34-18-24(19-34)33-14-12-21(13-15-33)28(29(2,3)4)37-38(6)7/h8-11,16-17,21,24,28H,12-15,18-19H2,1-7H3,(H,30,32)(H,31,35). The van der Waals surface area contributed by atoms with Gasteiger partial charge in [0, 0.05) is 43.5 Å². The fourth-order valence-corrected chi connectivity index (χ4v) is 6.62. The van der Waals surface area contributed by atoms with Gasteiger partial charge in [0.15, 0.2) is 0 Å². The maximum absolute atomic E-state index is 11.6. The number of likely N-dealkylation sites (tertiary alicyclic amines) is 1. The molecule has 1 atom stereocenters. The summed E-state index contributed by atoms with van der Waals surface area (Å²) in [6.07, 6.45) is 4.42. The van der Waals surface area contributed by atoms with Crippen LogP contribution in [0.15, 0.2) is 36.5 Å². The lowest BCUT2D eigenvalue weighted by atomic mass is 9.77. The van der Waals surface area contributed by atoms with E-state index in [2.05, 4.69) is 83.5 Å². The Morgan fingerprint density at radius 1 is 1.11 bits per heavy atom. The number of methoxy groups -OCH3 is 1. The highest BCUT2D eigenvalue weighted by atomic mass is 28.3. The predicted octanol–water partition coefficient (Wildman–Crippen LogP) is 5.38. The number of hydrogen-bond donors (Lipinski definition) is 2. The number of amides is 1. The van der Waals surface area contributed by atoms with Crippen molar-refractivity contribution < 1.29 is 14.0 Å². The van der Waals surface area contributed by atoms with Gasteiger partial charge in [-0.1, -0.05) is 20.8 Å². The SMILES string of the molecule is COc1cc(Nc2ccc(N3CC(N4CCC(C(O[Si](C)C)C(C)(C)C)CC4)C3)cc2)c(NC(C)=O)cn1. The molecular weight excluding hydrogens is 494 g/mol. The number of aromatic nitrogens is 1. The van der Waals surface area contributed by atoms with E-state index in [1.807, 2.05) is 0 Å². The number of nitrogens with zero attached hydrogens (tertiary/aromatic N) is 3. The van der Waals surface area contributed by atoms with Gasteiger partial charge in [0.1, 0.15) is 0 Å². The normalized spacial score (nSPS) is 18.3. The number of ether oxygens (including phenoxy) is 1. The summed E-state index contributed by atoms with van der Waals surface area (Å²) >= 11 is 0. The minimum atomic E-state index is -0.705. The van der Waals surface area contributed by atoms with Crippen LogP contribution in [-0.4, -0.2) is 70.3 Å². The molecule has 2 fully saturated rings. The molecule has 2 aliphatic heterocycles. The van der Waals surface area contributed by atoms with Gasteiger partial charge in [-0.15, -0.1) is 0 Å². The van der Waals surface area contributed by atoms with Gasteiger partial charge < -0.3 is 24.7 Å². The monoisotopic (exact) mass is 538 g/mol. The second-order valence-electron chi connectivity index (χ2n) is 11.9. The number of benzene rings is 1. The van der Waals surface area contributed by atoms with Crippen molar-refractivity contribution in [3.05, 3.63) is 36.5 Å². The Labute approximate surface area is 229 Å². The highest BCUT2D eigenvalue weighted by Crippen LogP contribution is 2.36. The first-order chi connectivity index (χ1) is 18.0. The number of nitrogens with one attached hydrogen (secondary N) is 2. The zero-order chi connectivity index (χ0) is 27.4. The van der Waals surface area contributed by atoms with Crippen molar-refractivity contribution in [2.24, 2.45) is 11.3 Å². The van der Waals surface area contributed by atoms with Crippen LogP contribution >= 0.6 is 0 Å². The fourth-order valence-electron chi connectivity index (χ4n) is 5.57. The maximum atomic E-state index is 11.6. The summed E-state index contributed by atoms with van der Waals surface area (Å²) < 4.78 is 11.7. The van der Waals surface area contributed by atoms with E-state index < -0.39 is 9.04 Å². The lowest BCUT2D eigenvalue weighted by Crippen LogP contribution is -2.61. The molecule has 207 valence electrons. The fraction of sp³-hybridized carbons (Fsp3) is 0.586. The minimum absolute atomic E-state index is 0.147. The van der Waals surface area contributed by atoms with Gasteiger partial charge >= 0.3 is 0 Å². The van der Waals surface area contributed by atoms with Gasteiger partial charge in [-0.3, -0.25) is 9.69 Å². The molecule has 2 aromatic rings. The van der Waals surface area contributed by atoms with Gasteiger partial charge in [0.25, 0.3) is 0 Å². The van der Waals surface area contributed by atoms with E-state index in [4.69, 9.17) is 9.16 Å². The zero-order valence-electron chi connectivity index (χ0n) is 24.0. The quantitative estimate of drug-likeness (QED) is 0.415. The Morgan fingerprint density at radius 3 is 2.32 bits per heavy atom. The Bertz CT molecular complexity index is 1070. The van der Waals surface area contributed by atoms with Crippen molar-refractivity contribution in [1.82, 2.24) is 9.88 Å². The molecule has 38 heavy (non-hydrogen) atoms. The number of rotatable bonds is 9. The van der Waals surface area contributed by atoms with Crippen molar-refractivity contribution in [1.29, 1.82) is 0 Å². The van der Waals surface area contributed by atoms with Crippen LogP contribution in [0.2, 0.25) is 13.1 Å². The van der Waals surface area contributed by atoms with Crippen LogP contribution in [0.3, 0.4) is 0 Å². The number of piperidine rings is 1. The zero-order valence-corrected chi connectivity index (χ0v) is 25.0. The predicted molar refractivity (Wildman–Crippen MR) is 157 cm³/mol. The summed E-state index contributed by atoms with van der Waals surface area (Å²) in [6, 6.07) is 10.9. The van der Waals surface area contributed by atoms with E-state index in [9.17, 15) is 4.79 Å². The van der Waals surface area contributed by atoms with Crippen LogP contribution in [-0.2, 0) is 9.22 Å². The summed E-state index contributed by atoms with van der Waals surface area (Å²) in [6.45, 7) is 17.5. The third-order valence-corrected chi connectivity index (χ3v) is 8.23. The van der Waals surface area contributed by atoms with Crippen LogP contribution in [0.5, 0.6) is 5.88 Å². The molecule has 9 heteroatoms. The maximum Gasteiger partial charge on any atom is 0.221 e. The molecule has 1 aromatic carbocycles. The summed E-state index contributed by atoms with van der Waals surface area (Å²) in [5, 5.41) is 6.20. The van der Waals surface area contributed by atoms with Gasteiger partial charge in [0.05, 0.1) is 30.8 Å². The Balaban J connectivity index is 1.29. The average Bonchev–Trinajstić information content (AvgIpc) is 2.83. The average molecular weight is 539 g/mol. The lowest BCUT2D eigenvalue weighted by molar-refractivity contribution is -0.114. The van der Waals surface area contributed by atoms with E-state index in [0.717, 1.165) is 24.5 Å². The molecule has 2 N–H and O–H groups in total. The van der Waals surface area contributed by atoms with Gasteiger partial charge in [-0.05, 0) is 74.6 Å². The lowest BCUT2D eigenvalue weighted by Gasteiger charge is -2.50. The second-order valence-corrected chi connectivity index (χ2v) is 13.9. The first-order valence-electron chi connectivity index (χ1n) is 13.7. The molecule has 2 aliphatic rings. The van der Waals surface area contributed by atoms with Gasteiger partial charge in [-0.25, -0.2) is 4.98 Å². The molecule has 1 aromatic heterocycles. The molecular formula is C29H44N5O3Si. The van der Waals surface area contributed by atoms with Crippen molar-refractivity contribution in [3.8, 4) is 5.88 Å². The highest BCUT2D eigenvalue weighted by molar-refractivity contribution is 6.48. The van der Waals surface area contributed by atoms with Gasteiger partial charge in [-0.2, -0.15) is 0 Å².